The fraction of sp³-hybridized carbons (Fsp3) is 0.818. The van der Waals surface area contributed by atoms with Crippen molar-refractivity contribution in [3.8, 4) is 0 Å². The Balaban J connectivity index is 0.00000108. The molecule has 0 saturated carbocycles. The molecule has 0 bridgehead atoms. The molecule has 5 nitrogen and oxygen atoms in total. The molecule has 3 rings (SSSR count). The maximum Gasteiger partial charge on any atom is 0.234 e. The topological polar surface area (TPSA) is 60.2 Å². The Morgan fingerprint density at radius 1 is 1.47 bits per heavy atom. The largest absolute Gasteiger partial charge is 0.370 e. The molecule has 1 aromatic heterocycles. The van der Waals surface area contributed by atoms with E-state index in [-0.39, 0.29) is 23.9 Å². The van der Waals surface area contributed by atoms with E-state index < -0.39 is 0 Å². The summed E-state index contributed by atoms with van der Waals surface area (Å²) in [6, 6.07) is 0. The number of ether oxygens (including phenoxy) is 1. The molecule has 0 aliphatic carbocycles. The summed E-state index contributed by atoms with van der Waals surface area (Å²) < 4.78 is 10.9. The van der Waals surface area contributed by atoms with E-state index in [2.05, 4.69) is 22.4 Å². The van der Waals surface area contributed by atoms with Crippen molar-refractivity contribution in [3.05, 3.63) is 11.7 Å². The number of halogens is 1. The normalized spacial score (nSPS) is 32.6. The predicted octanol–water partition coefficient (Wildman–Crippen LogP) is 1.59. The van der Waals surface area contributed by atoms with Gasteiger partial charge >= 0.3 is 0 Å². The highest BCUT2D eigenvalue weighted by Crippen LogP contribution is 2.31. The summed E-state index contributed by atoms with van der Waals surface area (Å²) in [4.78, 5) is 4.50. The Labute approximate surface area is 107 Å². The maximum atomic E-state index is 5.55. The minimum Gasteiger partial charge on any atom is -0.370 e. The van der Waals surface area contributed by atoms with E-state index in [4.69, 9.17) is 9.26 Å². The van der Waals surface area contributed by atoms with Crippen LogP contribution in [0.25, 0.3) is 0 Å². The summed E-state index contributed by atoms with van der Waals surface area (Å²) in [5, 5.41) is 7.38. The van der Waals surface area contributed by atoms with Gasteiger partial charge in [-0.2, -0.15) is 4.98 Å². The van der Waals surface area contributed by atoms with Gasteiger partial charge in [0.25, 0.3) is 0 Å². The average Bonchev–Trinajstić information content (AvgIpc) is 2.98. The first-order valence-electron chi connectivity index (χ1n) is 5.94. The van der Waals surface area contributed by atoms with Gasteiger partial charge in [-0.25, -0.2) is 0 Å². The molecule has 17 heavy (non-hydrogen) atoms. The van der Waals surface area contributed by atoms with Crippen LogP contribution in [0.15, 0.2) is 4.52 Å². The van der Waals surface area contributed by atoms with Crippen LogP contribution in [0.4, 0.5) is 0 Å². The average molecular weight is 260 g/mol. The van der Waals surface area contributed by atoms with Gasteiger partial charge in [0.2, 0.25) is 11.7 Å². The molecule has 3 heterocycles. The van der Waals surface area contributed by atoms with Gasteiger partial charge in [-0.3, -0.25) is 0 Å². The zero-order valence-corrected chi connectivity index (χ0v) is 10.8. The highest BCUT2D eigenvalue weighted by Gasteiger charge is 2.37. The molecule has 2 saturated heterocycles. The molecule has 0 radical (unpaired) electrons. The lowest BCUT2D eigenvalue weighted by Crippen LogP contribution is -2.25. The van der Waals surface area contributed by atoms with E-state index in [0.29, 0.717) is 0 Å². The van der Waals surface area contributed by atoms with E-state index in [1.54, 1.807) is 0 Å². The minimum atomic E-state index is 0. The van der Waals surface area contributed by atoms with Crippen molar-refractivity contribution in [3.63, 3.8) is 0 Å². The Bertz CT molecular complexity index is 371. The van der Waals surface area contributed by atoms with Crippen LogP contribution in [-0.4, -0.2) is 29.8 Å². The van der Waals surface area contributed by atoms with Crippen LogP contribution in [0.3, 0.4) is 0 Å². The minimum absolute atomic E-state index is 0. The van der Waals surface area contributed by atoms with E-state index in [1.807, 2.05) is 0 Å². The van der Waals surface area contributed by atoms with Gasteiger partial charge in [0.1, 0.15) is 6.10 Å². The van der Waals surface area contributed by atoms with Crippen LogP contribution < -0.4 is 5.32 Å². The molecular formula is C11H18ClN3O2. The molecular weight excluding hydrogens is 242 g/mol. The first kappa shape index (κ1) is 12.8. The molecule has 2 atom stereocenters. The van der Waals surface area contributed by atoms with Crippen molar-refractivity contribution in [2.75, 3.05) is 19.7 Å². The predicted molar refractivity (Wildman–Crippen MR) is 64.3 cm³/mol. The molecule has 6 heteroatoms. The molecule has 2 fully saturated rings. The van der Waals surface area contributed by atoms with Gasteiger partial charge in [0.05, 0.1) is 5.41 Å². The summed E-state index contributed by atoms with van der Waals surface area (Å²) >= 11 is 0. The third kappa shape index (κ3) is 2.32. The summed E-state index contributed by atoms with van der Waals surface area (Å²) in [5.74, 6) is 1.48. The van der Waals surface area contributed by atoms with Gasteiger partial charge in [-0.05, 0) is 32.7 Å². The Morgan fingerprint density at radius 2 is 2.35 bits per heavy atom. The first-order chi connectivity index (χ1) is 7.78. The number of rotatable bonds is 2. The van der Waals surface area contributed by atoms with Gasteiger partial charge in [-0.15, -0.1) is 12.4 Å². The first-order valence-corrected chi connectivity index (χ1v) is 5.94. The number of aromatic nitrogens is 2. The van der Waals surface area contributed by atoms with Crippen molar-refractivity contribution in [1.82, 2.24) is 15.5 Å². The van der Waals surface area contributed by atoms with Crippen LogP contribution in [0.2, 0.25) is 0 Å². The number of hydrogen-bond donors (Lipinski definition) is 1. The smallest absolute Gasteiger partial charge is 0.234 e. The SMILES string of the molecule is CC1(c2nc(C3CCCO3)no2)CCNC1.Cl. The van der Waals surface area contributed by atoms with Crippen molar-refractivity contribution in [2.45, 2.75) is 37.7 Å². The lowest BCUT2D eigenvalue weighted by Gasteiger charge is -2.16. The van der Waals surface area contributed by atoms with Crippen LogP contribution >= 0.6 is 12.4 Å². The van der Waals surface area contributed by atoms with E-state index in [1.165, 1.54) is 0 Å². The van der Waals surface area contributed by atoms with Crippen LogP contribution in [-0.2, 0) is 10.2 Å². The van der Waals surface area contributed by atoms with E-state index in [0.717, 1.165) is 50.7 Å². The maximum absolute atomic E-state index is 5.55. The highest BCUT2D eigenvalue weighted by atomic mass is 35.5. The second-order valence-electron chi connectivity index (χ2n) is 4.95. The summed E-state index contributed by atoms with van der Waals surface area (Å²) in [7, 11) is 0. The summed E-state index contributed by atoms with van der Waals surface area (Å²) in [6.07, 6.45) is 3.21. The molecule has 0 aromatic carbocycles. The van der Waals surface area contributed by atoms with Crippen molar-refractivity contribution < 1.29 is 9.26 Å². The second-order valence-corrected chi connectivity index (χ2v) is 4.95. The zero-order valence-electron chi connectivity index (χ0n) is 9.94. The molecule has 2 aliphatic heterocycles. The molecule has 2 unspecified atom stereocenters. The standard InChI is InChI=1S/C11H17N3O2.ClH/c1-11(4-5-12-7-11)10-13-9(14-16-10)8-3-2-6-15-8;/h8,12H,2-7H2,1H3;1H. The fourth-order valence-corrected chi connectivity index (χ4v) is 2.39. The molecule has 0 spiro atoms. The van der Waals surface area contributed by atoms with Crippen molar-refractivity contribution in [1.29, 1.82) is 0 Å². The lowest BCUT2D eigenvalue weighted by atomic mass is 9.90. The zero-order chi connectivity index (χ0) is 11.0. The molecule has 1 aromatic rings. The summed E-state index contributed by atoms with van der Waals surface area (Å²) in [6.45, 7) is 4.92. The third-order valence-electron chi connectivity index (χ3n) is 3.54. The Hall–Kier alpha value is -0.650. The van der Waals surface area contributed by atoms with Gasteiger partial charge in [0, 0.05) is 13.2 Å². The highest BCUT2D eigenvalue weighted by molar-refractivity contribution is 5.85. The monoisotopic (exact) mass is 259 g/mol. The molecule has 0 amide bonds. The lowest BCUT2D eigenvalue weighted by molar-refractivity contribution is 0.103. The second kappa shape index (κ2) is 4.92. The van der Waals surface area contributed by atoms with Gasteiger partial charge in [0.15, 0.2) is 0 Å². The Morgan fingerprint density at radius 3 is 3.00 bits per heavy atom. The Kier molecular flexibility index (Phi) is 3.70. The van der Waals surface area contributed by atoms with E-state index in [9.17, 15) is 0 Å². The van der Waals surface area contributed by atoms with Crippen LogP contribution in [0.5, 0.6) is 0 Å². The molecule has 1 N–H and O–H groups in total. The van der Waals surface area contributed by atoms with E-state index >= 15 is 0 Å². The number of nitrogens with zero attached hydrogens (tertiary/aromatic N) is 2. The fourth-order valence-electron chi connectivity index (χ4n) is 2.39. The van der Waals surface area contributed by atoms with Crippen molar-refractivity contribution in [2.24, 2.45) is 0 Å². The quantitative estimate of drug-likeness (QED) is 0.874. The van der Waals surface area contributed by atoms with Gasteiger partial charge < -0.3 is 14.6 Å². The molecule has 96 valence electrons. The number of hydrogen-bond acceptors (Lipinski definition) is 5. The number of nitrogens with one attached hydrogen (secondary N) is 1. The van der Waals surface area contributed by atoms with Crippen LogP contribution in [0.1, 0.15) is 44.0 Å². The third-order valence-corrected chi connectivity index (χ3v) is 3.54. The molecule has 2 aliphatic rings. The van der Waals surface area contributed by atoms with Gasteiger partial charge in [-0.1, -0.05) is 5.16 Å². The van der Waals surface area contributed by atoms with Crippen molar-refractivity contribution >= 4 is 12.4 Å². The van der Waals surface area contributed by atoms with Crippen LogP contribution in [0, 0.1) is 0 Å². The summed E-state index contributed by atoms with van der Waals surface area (Å²) in [5.41, 5.74) is 0.00382.